The van der Waals surface area contributed by atoms with Gasteiger partial charge in [0.1, 0.15) is 6.04 Å². The number of rotatable bonds is 9. The fraction of sp³-hybridized carbons (Fsp3) is 0.588. The Morgan fingerprint density at radius 2 is 1.81 bits per heavy atom. The molecule has 0 amide bonds. The number of aliphatic hydroxyl groups is 1. The standard InChI is InChI=1S/C17H27NO3/c1-4-15(5-2)18(12-13-19)16(17(20)21-6-3)14-10-8-7-9-11-14/h7-11,15-16,19H,4-6,12-13H2,1-3H3. The second-order valence-electron chi connectivity index (χ2n) is 5.00. The zero-order chi connectivity index (χ0) is 15.7. The van der Waals surface area contributed by atoms with E-state index in [0.717, 1.165) is 18.4 Å². The monoisotopic (exact) mass is 293 g/mol. The summed E-state index contributed by atoms with van der Waals surface area (Å²) >= 11 is 0. The highest BCUT2D eigenvalue weighted by Gasteiger charge is 2.32. The second kappa shape index (κ2) is 9.53. The average molecular weight is 293 g/mol. The van der Waals surface area contributed by atoms with Crippen molar-refractivity contribution in [1.82, 2.24) is 4.90 Å². The first-order valence-corrected chi connectivity index (χ1v) is 7.77. The number of ether oxygens (including phenoxy) is 1. The van der Waals surface area contributed by atoms with E-state index in [1.165, 1.54) is 0 Å². The highest BCUT2D eigenvalue weighted by molar-refractivity contribution is 5.77. The number of hydrogen-bond donors (Lipinski definition) is 1. The minimum Gasteiger partial charge on any atom is -0.465 e. The maximum atomic E-state index is 12.5. The maximum Gasteiger partial charge on any atom is 0.328 e. The molecule has 0 aromatic heterocycles. The van der Waals surface area contributed by atoms with Crippen LogP contribution in [0.25, 0.3) is 0 Å². The van der Waals surface area contributed by atoms with Gasteiger partial charge in [0.2, 0.25) is 0 Å². The van der Waals surface area contributed by atoms with Gasteiger partial charge in [-0.25, -0.2) is 4.79 Å². The second-order valence-corrected chi connectivity index (χ2v) is 5.00. The van der Waals surface area contributed by atoms with Gasteiger partial charge in [-0.15, -0.1) is 0 Å². The molecule has 0 radical (unpaired) electrons. The zero-order valence-corrected chi connectivity index (χ0v) is 13.3. The Bertz CT molecular complexity index is 404. The van der Waals surface area contributed by atoms with Gasteiger partial charge in [-0.1, -0.05) is 44.2 Å². The first kappa shape index (κ1) is 17.7. The number of carbonyl (C=O) groups is 1. The molecule has 1 unspecified atom stereocenters. The number of benzene rings is 1. The van der Waals surface area contributed by atoms with Crippen LogP contribution in [0.4, 0.5) is 0 Å². The van der Waals surface area contributed by atoms with Gasteiger partial charge >= 0.3 is 5.97 Å². The summed E-state index contributed by atoms with van der Waals surface area (Å²) in [6, 6.07) is 9.44. The Labute approximate surface area is 127 Å². The van der Waals surface area contributed by atoms with Crippen molar-refractivity contribution in [2.24, 2.45) is 0 Å². The van der Waals surface area contributed by atoms with E-state index >= 15 is 0 Å². The smallest absolute Gasteiger partial charge is 0.328 e. The zero-order valence-electron chi connectivity index (χ0n) is 13.3. The molecule has 1 aromatic rings. The molecule has 0 heterocycles. The lowest BCUT2D eigenvalue weighted by atomic mass is 10.0. The largest absolute Gasteiger partial charge is 0.465 e. The lowest BCUT2D eigenvalue weighted by Crippen LogP contribution is -2.43. The molecule has 0 bridgehead atoms. The minimum atomic E-state index is -0.455. The highest BCUT2D eigenvalue weighted by Crippen LogP contribution is 2.26. The molecule has 0 aliphatic carbocycles. The van der Waals surface area contributed by atoms with Crippen molar-refractivity contribution in [3.8, 4) is 0 Å². The van der Waals surface area contributed by atoms with E-state index < -0.39 is 6.04 Å². The third kappa shape index (κ3) is 4.83. The third-order valence-electron chi connectivity index (χ3n) is 3.73. The maximum absolute atomic E-state index is 12.5. The Morgan fingerprint density at radius 1 is 1.19 bits per heavy atom. The minimum absolute atomic E-state index is 0.0270. The molecule has 0 saturated carbocycles. The number of esters is 1. The quantitative estimate of drug-likeness (QED) is 0.711. The molecular weight excluding hydrogens is 266 g/mol. The Morgan fingerprint density at radius 3 is 2.29 bits per heavy atom. The molecule has 0 aliphatic rings. The predicted octanol–water partition coefficient (Wildman–Crippen LogP) is 2.77. The lowest BCUT2D eigenvalue weighted by Gasteiger charge is -2.36. The van der Waals surface area contributed by atoms with Crippen LogP contribution in [0.2, 0.25) is 0 Å². The van der Waals surface area contributed by atoms with Crippen LogP contribution in [-0.4, -0.2) is 41.8 Å². The molecule has 1 N–H and O–H groups in total. The summed E-state index contributed by atoms with van der Waals surface area (Å²) in [4.78, 5) is 14.5. The molecule has 21 heavy (non-hydrogen) atoms. The van der Waals surface area contributed by atoms with E-state index in [-0.39, 0.29) is 18.6 Å². The molecule has 0 fully saturated rings. The van der Waals surface area contributed by atoms with Crippen molar-refractivity contribution in [2.75, 3.05) is 19.8 Å². The van der Waals surface area contributed by atoms with E-state index in [4.69, 9.17) is 4.74 Å². The van der Waals surface area contributed by atoms with Crippen molar-refractivity contribution < 1.29 is 14.6 Å². The van der Waals surface area contributed by atoms with Crippen LogP contribution < -0.4 is 0 Å². The van der Waals surface area contributed by atoms with Crippen molar-refractivity contribution in [1.29, 1.82) is 0 Å². The Hall–Kier alpha value is -1.39. The van der Waals surface area contributed by atoms with Crippen LogP contribution in [0.3, 0.4) is 0 Å². The van der Waals surface area contributed by atoms with Crippen molar-refractivity contribution >= 4 is 5.97 Å². The van der Waals surface area contributed by atoms with Gasteiger partial charge in [0.25, 0.3) is 0 Å². The number of carbonyl (C=O) groups excluding carboxylic acids is 1. The van der Waals surface area contributed by atoms with E-state index in [1.54, 1.807) is 0 Å². The number of nitrogens with zero attached hydrogens (tertiary/aromatic N) is 1. The van der Waals surface area contributed by atoms with Gasteiger partial charge in [-0.2, -0.15) is 0 Å². The molecule has 0 spiro atoms. The Kier molecular flexibility index (Phi) is 8.01. The summed E-state index contributed by atoms with van der Waals surface area (Å²) in [5.41, 5.74) is 0.913. The van der Waals surface area contributed by atoms with Crippen molar-refractivity contribution in [3.63, 3.8) is 0 Å². The topological polar surface area (TPSA) is 49.8 Å². The van der Waals surface area contributed by atoms with Gasteiger partial charge in [0.15, 0.2) is 0 Å². The van der Waals surface area contributed by atoms with Gasteiger partial charge in [-0.3, -0.25) is 4.90 Å². The highest BCUT2D eigenvalue weighted by atomic mass is 16.5. The fourth-order valence-electron chi connectivity index (χ4n) is 2.72. The number of hydrogen-bond acceptors (Lipinski definition) is 4. The lowest BCUT2D eigenvalue weighted by molar-refractivity contribution is -0.151. The van der Waals surface area contributed by atoms with Crippen LogP contribution in [0, 0.1) is 0 Å². The van der Waals surface area contributed by atoms with Crippen molar-refractivity contribution in [3.05, 3.63) is 35.9 Å². The average Bonchev–Trinajstić information content (AvgIpc) is 2.50. The summed E-state index contributed by atoms with van der Waals surface area (Å²) in [5, 5.41) is 9.39. The summed E-state index contributed by atoms with van der Waals surface area (Å²) in [5.74, 6) is -0.246. The van der Waals surface area contributed by atoms with Crippen molar-refractivity contribution in [2.45, 2.75) is 45.7 Å². The predicted molar refractivity (Wildman–Crippen MR) is 84.0 cm³/mol. The van der Waals surface area contributed by atoms with E-state index in [0.29, 0.717) is 13.2 Å². The van der Waals surface area contributed by atoms with Gasteiger partial charge < -0.3 is 9.84 Å². The first-order chi connectivity index (χ1) is 10.2. The third-order valence-corrected chi connectivity index (χ3v) is 3.73. The molecule has 1 rings (SSSR count). The molecule has 4 nitrogen and oxygen atoms in total. The SMILES string of the molecule is CCOC(=O)C(c1ccccc1)N(CCO)C(CC)CC. The van der Waals surface area contributed by atoms with E-state index in [9.17, 15) is 9.90 Å². The van der Waals surface area contributed by atoms with E-state index in [2.05, 4.69) is 18.7 Å². The van der Waals surface area contributed by atoms with Crippen LogP contribution in [0.5, 0.6) is 0 Å². The summed E-state index contributed by atoms with van der Waals surface area (Å²) in [6.07, 6.45) is 1.86. The van der Waals surface area contributed by atoms with Gasteiger partial charge in [0, 0.05) is 12.6 Å². The molecule has 4 heteroatoms. The summed E-state index contributed by atoms with van der Waals surface area (Å²) in [7, 11) is 0. The fourth-order valence-corrected chi connectivity index (χ4v) is 2.72. The normalized spacial score (nSPS) is 12.7. The van der Waals surface area contributed by atoms with Gasteiger partial charge in [0.05, 0.1) is 13.2 Å². The molecule has 1 atom stereocenters. The number of aliphatic hydroxyl groups excluding tert-OH is 1. The molecule has 118 valence electrons. The van der Waals surface area contributed by atoms with Crippen LogP contribution in [-0.2, 0) is 9.53 Å². The molecular formula is C17H27NO3. The summed E-state index contributed by atoms with van der Waals surface area (Å²) < 4.78 is 5.26. The molecule has 1 aromatic carbocycles. The first-order valence-electron chi connectivity index (χ1n) is 7.77. The Balaban J connectivity index is 3.15. The molecule has 0 saturated heterocycles. The van der Waals surface area contributed by atoms with E-state index in [1.807, 2.05) is 37.3 Å². The van der Waals surface area contributed by atoms with Crippen LogP contribution in [0.15, 0.2) is 30.3 Å². The summed E-state index contributed by atoms with van der Waals surface area (Å²) in [6.45, 7) is 6.87. The van der Waals surface area contributed by atoms with Crippen LogP contribution >= 0.6 is 0 Å². The molecule has 0 aliphatic heterocycles. The van der Waals surface area contributed by atoms with Gasteiger partial charge in [-0.05, 0) is 25.3 Å². The van der Waals surface area contributed by atoms with Crippen LogP contribution in [0.1, 0.15) is 45.2 Å².